The van der Waals surface area contributed by atoms with Crippen LogP contribution in [0.2, 0.25) is 0 Å². The maximum Gasteiger partial charge on any atom is 0.259 e. The van der Waals surface area contributed by atoms with E-state index in [1.54, 1.807) is 7.11 Å². The molecule has 2 aromatic rings. The van der Waals surface area contributed by atoms with Gasteiger partial charge in [-0.25, -0.2) is 9.89 Å². The van der Waals surface area contributed by atoms with Crippen molar-refractivity contribution in [3.8, 4) is 5.75 Å². The number of ether oxygens (including phenoxy) is 1. The summed E-state index contributed by atoms with van der Waals surface area (Å²) in [6, 6.07) is 14.6. The summed E-state index contributed by atoms with van der Waals surface area (Å²) in [5.41, 5.74) is 2.36. The fourth-order valence-corrected chi connectivity index (χ4v) is 5.94. The zero-order chi connectivity index (χ0) is 27.2. The number of hydrogen-bond acceptors (Lipinski definition) is 7. The van der Waals surface area contributed by atoms with Gasteiger partial charge >= 0.3 is 0 Å². The van der Waals surface area contributed by atoms with Crippen molar-refractivity contribution in [3.63, 3.8) is 0 Å². The number of nitrogens with one attached hydrogen (secondary N) is 2. The van der Waals surface area contributed by atoms with Crippen molar-refractivity contribution in [2.75, 3.05) is 12.9 Å². The number of benzene rings is 2. The van der Waals surface area contributed by atoms with Crippen LogP contribution in [0.1, 0.15) is 56.1 Å². The van der Waals surface area contributed by atoms with Gasteiger partial charge in [0.05, 0.1) is 18.6 Å². The zero-order valence-corrected chi connectivity index (χ0v) is 22.8. The Bertz CT molecular complexity index is 1300. The van der Waals surface area contributed by atoms with Gasteiger partial charge in [0.1, 0.15) is 17.6 Å². The van der Waals surface area contributed by atoms with Gasteiger partial charge < -0.3 is 15.4 Å². The Morgan fingerprint density at radius 3 is 2.64 bits per heavy atom. The topological polar surface area (TPSA) is 112 Å². The molecule has 1 fully saturated rings. The molecule has 1 unspecified atom stereocenters. The highest BCUT2D eigenvalue weighted by Gasteiger charge is 2.41. The van der Waals surface area contributed by atoms with Crippen molar-refractivity contribution < 1.29 is 19.1 Å². The number of carbonyl (C=O) groups excluding carboxylic acids is 3. The molecule has 5 rings (SSSR count). The molecule has 0 saturated heterocycles. The van der Waals surface area contributed by atoms with E-state index in [4.69, 9.17) is 14.7 Å². The molecular weight excluding hydrogens is 514 g/mol. The second-order valence-electron chi connectivity index (χ2n) is 9.87. The minimum Gasteiger partial charge on any atom is -0.496 e. The third-order valence-corrected chi connectivity index (χ3v) is 8.10. The second-order valence-corrected chi connectivity index (χ2v) is 10.8. The summed E-state index contributed by atoms with van der Waals surface area (Å²) >= 11 is 1.24. The highest BCUT2D eigenvalue weighted by molar-refractivity contribution is 8.14. The highest BCUT2D eigenvalue weighted by atomic mass is 32.2. The first-order chi connectivity index (χ1) is 19.0. The third kappa shape index (κ3) is 6.33. The summed E-state index contributed by atoms with van der Waals surface area (Å²) in [5, 5.41) is 6.47. The molecule has 9 nitrogen and oxygen atoms in total. The summed E-state index contributed by atoms with van der Waals surface area (Å²) in [6.45, 7) is 0.339. The number of hydrogen-bond donors (Lipinski definition) is 2. The maximum atomic E-state index is 13.5. The Kier molecular flexibility index (Phi) is 8.61. The van der Waals surface area contributed by atoms with Crippen molar-refractivity contribution in [2.24, 2.45) is 9.98 Å². The molecule has 0 aromatic heterocycles. The number of rotatable bonds is 9. The van der Waals surface area contributed by atoms with Crippen LogP contribution in [0.15, 0.2) is 58.5 Å². The minimum atomic E-state index is -0.690. The number of carbonyl (C=O) groups is 3. The lowest BCUT2D eigenvalue weighted by atomic mass is 9.95. The van der Waals surface area contributed by atoms with E-state index < -0.39 is 6.04 Å². The van der Waals surface area contributed by atoms with Crippen LogP contribution >= 0.6 is 11.8 Å². The van der Waals surface area contributed by atoms with Crippen LogP contribution in [0.3, 0.4) is 0 Å². The Hall–Kier alpha value is -3.66. The highest BCUT2D eigenvalue weighted by Crippen LogP contribution is 2.34. The standard InChI is InChI=1S/C29H33N5O4S/c1-38-24-14-8-5-9-19(24)17-30-25(35)16-15-23-28(37)34-27(32-23)21-12-6-7-13-22(21)33-29(34)39-18-26(36)31-20-10-3-2-4-11-20/h5-9,12-14,20,23H,2-4,10-11,15-18H2,1H3,(H,30,35)(H,31,36). The predicted molar refractivity (Wildman–Crippen MR) is 152 cm³/mol. The average molecular weight is 548 g/mol. The normalized spacial score (nSPS) is 18.5. The first kappa shape index (κ1) is 26.9. The predicted octanol–water partition coefficient (Wildman–Crippen LogP) is 3.93. The molecule has 2 aromatic carbocycles. The Morgan fingerprint density at radius 2 is 1.82 bits per heavy atom. The third-order valence-electron chi connectivity index (χ3n) is 7.16. The monoisotopic (exact) mass is 547 g/mol. The van der Waals surface area contributed by atoms with E-state index >= 15 is 0 Å². The van der Waals surface area contributed by atoms with Crippen molar-refractivity contribution in [3.05, 3.63) is 59.7 Å². The van der Waals surface area contributed by atoms with E-state index in [0.717, 1.165) is 36.8 Å². The number of thioether (sulfide) groups is 1. The van der Waals surface area contributed by atoms with Crippen LogP contribution in [0.4, 0.5) is 5.69 Å². The Morgan fingerprint density at radius 1 is 1.05 bits per heavy atom. The molecule has 1 atom stereocenters. The van der Waals surface area contributed by atoms with Gasteiger partial charge in [-0.3, -0.25) is 19.4 Å². The van der Waals surface area contributed by atoms with Gasteiger partial charge in [-0.1, -0.05) is 61.4 Å². The van der Waals surface area contributed by atoms with E-state index in [1.807, 2.05) is 48.5 Å². The van der Waals surface area contributed by atoms with Gasteiger partial charge in [0.25, 0.3) is 5.91 Å². The van der Waals surface area contributed by atoms with Gasteiger partial charge in [0.15, 0.2) is 5.17 Å². The lowest BCUT2D eigenvalue weighted by molar-refractivity contribution is -0.125. The zero-order valence-electron chi connectivity index (χ0n) is 22.0. The molecule has 1 saturated carbocycles. The van der Waals surface area contributed by atoms with Gasteiger partial charge in [-0.05, 0) is 37.5 Å². The van der Waals surface area contributed by atoms with Gasteiger partial charge in [0.2, 0.25) is 11.8 Å². The number of amides is 3. The van der Waals surface area contributed by atoms with Crippen LogP contribution in [0, 0.1) is 0 Å². The van der Waals surface area contributed by atoms with E-state index in [-0.39, 0.29) is 42.4 Å². The van der Waals surface area contributed by atoms with Gasteiger partial charge in [-0.15, -0.1) is 0 Å². The number of amidine groups is 2. The number of nitrogens with zero attached hydrogens (tertiary/aromatic N) is 3. The second kappa shape index (κ2) is 12.5. The molecule has 204 valence electrons. The van der Waals surface area contributed by atoms with Crippen molar-refractivity contribution in [1.82, 2.24) is 15.5 Å². The number of methoxy groups -OCH3 is 1. The van der Waals surface area contributed by atoms with Crippen molar-refractivity contribution in [2.45, 2.75) is 63.6 Å². The van der Waals surface area contributed by atoms with E-state index in [1.165, 1.54) is 23.1 Å². The molecule has 2 aliphatic heterocycles. The maximum absolute atomic E-state index is 13.5. The van der Waals surface area contributed by atoms with Crippen LogP contribution in [-0.2, 0) is 20.9 Å². The molecule has 0 bridgehead atoms. The number of fused-ring (bicyclic) bond motifs is 3. The van der Waals surface area contributed by atoms with Crippen LogP contribution in [0.25, 0.3) is 0 Å². The minimum absolute atomic E-state index is 0.0538. The molecule has 10 heteroatoms. The Balaban J connectivity index is 1.21. The van der Waals surface area contributed by atoms with Crippen molar-refractivity contribution in [1.29, 1.82) is 0 Å². The first-order valence-electron chi connectivity index (χ1n) is 13.4. The number of para-hydroxylation sites is 2. The van der Waals surface area contributed by atoms with Crippen LogP contribution < -0.4 is 15.4 Å². The van der Waals surface area contributed by atoms with E-state index in [9.17, 15) is 14.4 Å². The quantitative estimate of drug-likeness (QED) is 0.494. The van der Waals surface area contributed by atoms with Crippen LogP contribution in [0.5, 0.6) is 5.75 Å². The summed E-state index contributed by atoms with van der Waals surface area (Å²) in [5.74, 6) is 0.965. The molecule has 3 amide bonds. The van der Waals surface area contributed by atoms with Gasteiger partial charge in [-0.2, -0.15) is 0 Å². The fourth-order valence-electron chi connectivity index (χ4n) is 5.13. The lowest BCUT2D eigenvalue weighted by Crippen LogP contribution is -2.42. The first-order valence-corrected chi connectivity index (χ1v) is 14.4. The molecular formula is C29H33N5O4S. The summed E-state index contributed by atoms with van der Waals surface area (Å²) in [7, 11) is 1.59. The Labute approximate surface area is 232 Å². The fraction of sp³-hybridized carbons (Fsp3) is 0.414. The lowest BCUT2D eigenvalue weighted by Gasteiger charge is -2.26. The largest absolute Gasteiger partial charge is 0.496 e. The molecule has 39 heavy (non-hydrogen) atoms. The van der Waals surface area contributed by atoms with Gasteiger partial charge in [0, 0.05) is 30.1 Å². The molecule has 2 N–H and O–H groups in total. The molecule has 3 aliphatic rings. The van der Waals surface area contributed by atoms with Crippen molar-refractivity contribution >= 4 is 46.2 Å². The summed E-state index contributed by atoms with van der Waals surface area (Å²) < 4.78 is 5.34. The average Bonchev–Trinajstić information content (AvgIpc) is 3.30. The SMILES string of the molecule is COc1ccccc1CNC(=O)CCC1N=C2c3ccccc3N=C(SCC(=O)NC3CCCCC3)N2C1=O. The van der Waals surface area contributed by atoms with Crippen LogP contribution in [-0.4, -0.2) is 58.6 Å². The smallest absolute Gasteiger partial charge is 0.259 e. The summed E-state index contributed by atoms with van der Waals surface area (Å²) in [6.07, 6.45) is 5.97. The molecule has 0 radical (unpaired) electrons. The number of aliphatic imine (C=N–C) groups is 2. The van der Waals surface area contributed by atoms with E-state index in [0.29, 0.717) is 29.0 Å². The van der Waals surface area contributed by atoms with E-state index in [2.05, 4.69) is 10.6 Å². The molecule has 0 spiro atoms. The molecule has 2 heterocycles. The summed E-state index contributed by atoms with van der Waals surface area (Å²) in [4.78, 5) is 49.6. The molecule has 1 aliphatic carbocycles.